The Hall–Kier alpha value is -1.26. The summed E-state index contributed by atoms with van der Waals surface area (Å²) in [6.45, 7) is 3.20. The molecule has 1 amide bonds. The maximum atomic E-state index is 11.4. The molecule has 1 rings (SSSR count). The second-order valence-corrected chi connectivity index (χ2v) is 4.09. The number of amides is 1. The molecule has 0 saturated carbocycles. The number of halogens is 1. The van der Waals surface area contributed by atoms with Crippen LogP contribution in [-0.2, 0) is 9.53 Å². The summed E-state index contributed by atoms with van der Waals surface area (Å²) < 4.78 is 4.83. The monoisotopic (exact) mass is 256 g/mol. The lowest BCUT2D eigenvalue weighted by molar-refractivity contribution is -0.119. The van der Waals surface area contributed by atoms with E-state index in [1.807, 2.05) is 25.1 Å². The zero-order valence-corrected chi connectivity index (χ0v) is 10.8. The molecule has 17 heavy (non-hydrogen) atoms. The van der Waals surface area contributed by atoms with Crippen LogP contribution in [0.25, 0.3) is 0 Å². The summed E-state index contributed by atoms with van der Waals surface area (Å²) in [6.07, 6.45) is 0. The third-order valence-electron chi connectivity index (χ3n) is 2.19. The summed E-state index contributed by atoms with van der Waals surface area (Å²) in [6, 6.07) is 5.64. The van der Waals surface area contributed by atoms with Gasteiger partial charge in [-0.15, -0.1) is 0 Å². The van der Waals surface area contributed by atoms with E-state index in [9.17, 15) is 4.79 Å². The van der Waals surface area contributed by atoms with Gasteiger partial charge in [0, 0.05) is 13.7 Å². The van der Waals surface area contributed by atoms with Gasteiger partial charge in [-0.3, -0.25) is 4.79 Å². The first kappa shape index (κ1) is 13.8. The number of carbonyl (C=O) groups excluding carboxylic acids is 1. The first-order chi connectivity index (χ1) is 8.13. The van der Waals surface area contributed by atoms with Crippen LogP contribution in [0.4, 0.5) is 5.69 Å². The van der Waals surface area contributed by atoms with Crippen LogP contribution < -0.4 is 10.6 Å². The van der Waals surface area contributed by atoms with E-state index in [0.717, 1.165) is 11.3 Å². The third kappa shape index (κ3) is 5.06. The maximum Gasteiger partial charge on any atom is 0.239 e. The lowest BCUT2D eigenvalue weighted by Gasteiger charge is -2.09. The van der Waals surface area contributed by atoms with E-state index in [1.54, 1.807) is 7.11 Å². The van der Waals surface area contributed by atoms with Crippen LogP contribution >= 0.6 is 11.6 Å². The minimum atomic E-state index is -0.0837. The summed E-state index contributed by atoms with van der Waals surface area (Å²) in [4.78, 5) is 11.4. The van der Waals surface area contributed by atoms with E-state index in [0.29, 0.717) is 18.2 Å². The average Bonchev–Trinajstić information content (AvgIpc) is 2.31. The Balaban J connectivity index is 2.39. The van der Waals surface area contributed by atoms with E-state index in [2.05, 4.69) is 10.6 Å². The molecule has 94 valence electrons. The minimum absolute atomic E-state index is 0.0837. The van der Waals surface area contributed by atoms with Crippen molar-refractivity contribution in [2.45, 2.75) is 6.92 Å². The number of hydrogen-bond donors (Lipinski definition) is 2. The number of hydrogen-bond acceptors (Lipinski definition) is 3. The van der Waals surface area contributed by atoms with Gasteiger partial charge in [-0.05, 0) is 24.6 Å². The number of benzene rings is 1. The Bertz CT molecular complexity index is 383. The minimum Gasteiger partial charge on any atom is -0.383 e. The van der Waals surface area contributed by atoms with E-state index >= 15 is 0 Å². The molecule has 0 spiro atoms. The van der Waals surface area contributed by atoms with Crippen LogP contribution in [0, 0.1) is 6.92 Å². The molecule has 0 fully saturated rings. The van der Waals surface area contributed by atoms with Crippen LogP contribution in [0.3, 0.4) is 0 Å². The normalized spacial score (nSPS) is 10.1. The molecule has 0 unspecified atom stereocenters. The SMILES string of the molecule is COCCNC(=O)CNc1cc(C)ccc1Cl. The third-order valence-corrected chi connectivity index (χ3v) is 2.52. The van der Waals surface area contributed by atoms with Crippen LogP contribution in [0.5, 0.6) is 0 Å². The fraction of sp³-hybridized carbons (Fsp3) is 0.417. The van der Waals surface area contributed by atoms with E-state index < -0.39 is 0 Å². The smallest absolute Gasteiger partial charge is 0.239 e. The largest absolute Gasteiger partial charge is 0.383 e. The van der Waals surface area contributed by atoms with Crippen LogP contribution in [0.2, 0.25) is 5.02 Å². The number of carbonyl (C=O) groups is 1. The molecule has 4 nitrogen and oxygen atoms in total. The molecular formula is C12H17ClN2O2. The Morgan fingerprint density at radius 2 is 2.24 bits per heavy atom. The zero-order valence-electron chi connectivity index (χ0n) is 10.0. The summed E-state index contributed by atoms with van der Waals surface area (Å²) in [7, 11) is 1.59. The number of methoxy groups -OCH3 is 1. The highest BCUT2D eigenvalue weighted by Crippen LogP contribution is 2.22. The lowest BCUT2D eigenvalue weighted by atomic mass is 10.2. The van der Waals surface area contributed by atoms with Gasteiger partial charge < -0.3 is 15.4 Å². The Morgan fingerprint density at radius 1 is 1.47 bits per heavy atom. The van der Waals surface area contributed by atoms with Crippen molar-refractivity contribution in [3.63, 3.8) is 0 Å². The van der Waals surface area contributed by atoms with Gasteiger partial charge in [0.2, 0.25) is 5.91 Å². The molecule has 0 heterocycles. The van der Waals surface area contributed by atoms with Gasteiger partial charge in [0.1, 0.15) is 0 Å². The highest BCUT2D eigenvalue weighted by atomic mass is 35.5. The van der Waals surface area contributed by atoms with Crippen molar-refractivity contribution in [3.05, 3.63) is 28.8 Å². The molecular weight excluding hydrogens is 240 g/mol. The van der Waals surface area contributed by atoms with Crippen molar-refractivity contribution in [2.24, 2.45) is 0 Å². The molecule has 0 aliphatic carbocycles. The first-order valence-corrected chi connectivity index (χ1v) is 5.77. The zero-order chi connectivity index (χ0) is 12.7. The van der Waals surface area contributed by atoms with Crippen molar-refractivity contribution in [2.75, 3.05) is 32.1 Å². The van der Waals surface area contributed by atoms with E-state index in [4.69, 9.17) is 16.3 Å². The number of rotatable bonds is 6. The summed E-state index contributed by atoms with van der Waals surface area (Å²) in [5.74, 6) is -0.0837. The molecule has 0 aromatic heterocycles. The number of ether oxygens (including phenoxy) is 1. The van der Waals surface area contributed by atoms with Crippen molar-refractivity contribution in [1.29, 1.82) is 0 Å². The number of aryl methyl sites for hydroxylation is 1. The van der Waals surface area contributed by atoms with Gasteiger partial charge in [-0.1, -0.05) is 17.7 Å². The first-order valence-electron chi connectivity index (χ1n) is 5.39. The summed E-state index contributed by atoms with van der Waals surface area (Å²) >= 11 is 5.99. The second kappa shape index (κ2) is 7.14. The van der Waals surface area contributed by atoms with E-state index in [-0.39, 0.29) is 12.5 Å². The Kier molecular flexibility index (Phi) is 5.80. The van der Waals surface area contributed by atoms with Crippen molar-refractivity contribution in [1.82, 2.24) is 5.32 Å². The fourth-order valence-corrected chi connectivity index (χ4v) is 1.49. The van der Waals surface area contributed by atoms with Gasteiger partial charge in [-0.25, -0.2) is 0 Å². The van der Waals surface area contributed by atoms with Gasteiger partial charge in [0.15, 0.2) is 0 Å². The highest BCUT2D eigenvalue weighted by molar-refractivity contribution is 6.33. The molecule has 1 aromatic rings. The van der Waals surface area contributed by atoms with Gasteiger partial charge in [0.25, 0.3) is 0 Å². The number of anilines is 1. The molecule has 2 N–H and O–H groups in total. The predicted octanol–water partition coefficient (Wildman–Crippen LogP) is 1.82. The highest BCUT2D eigenvalue weighted by Gasteiger charge is 2.03. The fourth-order valence-electron chi connectivity index (χ4n) is 1.31. The van der Waals surface area contributed by atoms with Crippen molar-refractivity contribution >= 4 is 23.2 Å². The van der Waals surface area contributed by atoms with Gasteiger partial charge in [-0.2, -0.15) is 0 Å². The molecule has 1 aromatic carbocycles. The Labute approximate surface area is 106 Å². The quantitative estimate of drug-likeness (QED) is 0.764. The van der Waals surface area contributed by atoms with Crippen LogP contribution in [0.1, 0.15) is 5.56 Å². The molecule has 5 heteroatoms. The summed E-state index contributed by atoms with van der Waals surface area (Å²) in [5, 5.41) is 6.33. The van der Waals surface area contributed by atoms with Crippen LogP contribution in [-0.4, -0.2) is 32.7 Å². The standard InChI is InChI=1S/C12H17ClN2O2/c1-9-3-4-10(13)11(7-9)15-8-12(16)14-5-6-17-2/h3-4,7,15H,5-6,8H2,1-2H3,(H,14,16). The van der Waals surface area contributed by atoms with Crippen LogP contribution in [0.15, 0.2) is 18.2 Å². The molecule has 0 radical (unpaired) electrons. The van der Waals surface area contributed by atoms with E-state index in [1.165, 1.54) is 0 Å². The van der Waals surface area contributed by atoms with Gasteiger partial charge >= 0.3 is 0 Å². The molecule has 0 saturated heterocycles. The topological polar surface area (TPSA) is 50.4 Å². The summed E-state index contributed by atoms with van der Waals surface area (Å²) in [5.41, 5.74) is 1.87. The van der Waals surface area contributed by atoms with Crippen molar-refractivity contribution < 1.29 is 9.53 Å². The molecule has 0 atom stereocenters. The van der Waals surface area contributed by atoms with Crippen molar-refractivity contribution in [3.8, 4) is 0 Å². The lowest BCUT2D eigenvalue weighted by Crippen LogP contribution is -2.32. The van der Waals surface area contributed by atoms with Gasteiger partial charge in [0.05, 0.1) is 23.9 Å². The molecule has 0 bridgehead atoms. The average molecular weight is 257 g/mol. The molecule has 0 aliphatic heterocycles. The predicted molar refractivity (Wildman–Crippen MR) is 69.6 cm³/mol. The number of nitrogens with one attached hydrogen (secondary N) is 2. The Morgan fingerprint density at radius 3 is 2.94 bits per heavy atom. The maximum absolute atomic E-state index is 11.4. The molecule has 0 aliphatic rings. The second-order valence-electron chi connectivity index (χ2n) is 3.68.